The van der Waals surface area contributed by atoms with Gasteiger partial charge < -0.3 is 10.4 Å². The number of hydrogen-bond acceptors (Lipinski definition) is 4. The molecule has 0 saturated carbocycles. The smallest absolute Gasteiger partial charge is 0.328 e. The van der Waals surface area contributed by atoms with Crippen LogP contribution in [0.1, 0.15) is 38.5 Å². The minimum atomic E-state index is -0.789. The van der Waals surface area contributed by atoms with Crippen LogP contribution in [0.25, 0.3) is 10.9 Å². The Bertz CT molecular complexity index is 884. The normalized spacial score (nSPS) is 10.8. The molecular weight excluding hydrogens is 338 g/mol. The molecule has 2 aromatic rings. The van der Waals surface area contributed by atoms with E-state index in [0.717, 1.165) is 19.3 Å². The SMILES string of the molecule is O=C(O)CCCCCCNC(=O)CCn1c(=O)[nH]c(=O)c2ccccc21. The monoisotopic (exact) mass is 361 g/mol. The number of amides is 1. The fraction of sp³-hybridized carbons (Fsp3) is 0.444. The van der Waals surface area contributed by atoms with Crippen LogP contribution in [0.15, 0.2) is 33.9 Å². The molecule has 0 unspecified atom stereocenters. The molecule has 140 valence electrons. The summed E-state index contributed by atoms with van der Waals surface area (Å²) in [6.45, 7) is 0.702. The number of hydrogen-bond donors (Lipinski definition) is 3. The summed E-state index contributed by atoms with van der Waals surface area (Å²) in [5.41, 5.74) is -0.457. The maximum absolute atomic E-state index is 12.0. The van der Waals surface area contributed by atoms with Crippen molar-refractivity contribution in [3.63, 3.8) is 0 Å². The van der Waals surface area contributed by atoms with E-state index in [4.69, 9.17) is 5.11 Å². The van der Waals surface area contributed by atoms with Crippen molar-refractivity contribution in [2.75, 3.05) is 6.54 Å². The van der Waals surface area contributed by atoms with Gasteiger partial charge in [-0.25, -0.2) is 4.79 Å². The molecular formula is C18H23N3O5. The van der Waals surface area contributed by atoms with Gasteiger partial charge in [0.1, 0.15) is 0 Å². The van der Waals surface area contributed by atoms with Crippen molar-refractivity contribution < 1.29 is 14.7 Å². The molecule has 8 nitrogen and oxygen atoms in total. The lowest BCUT2D eigenvalue weighted by Crippen LogP contribution is -2.32. The molecule has 0 aliphatic heterocycles. The van der Waals surface area contributed by atoms with Gasteiger partial charge in [0.05, 0.1) is 10.9 Å². The number of carboxylic acid groups (broad SMARTS) is 1. The van der Waals surface area contributed by atoms with Crippen molar-refractivity contribution in [3.05, 3.63) is 45.1 Å². The van der Waals surface area contributed by atoms with Gasteiger partial charge in [0.25, 0.3) is 5.56 Å². The summed E-state index contributed by atoms with van der Waals surface area (Å²) in [5, 5.41) is 11.7. The highest BCUT2D eigenvalue weighted by Gasteiger charge is 2.08. The maximum Gasteiger partial charge on any atom is 0.328 e. The van der Waals surface area contributed by atoms with Crippen molar-refractivity contribution in [3.8, 4) is 0 Å². The number of aromatic nitrogens is 2. The van der Waals surface area contributed by atoms with Crippen molar-refractivity contribution in [1.82, 2.24) is 14.9 Å². The number of rotatable bonds is 10. The lowest BCUT2D eigenvalue weighted by Gasteiger charge is -2.09. The number of para-hydroxylation sites is 1. The Morgan fingerprint density at radius 1 is 1.04 bits per heavy atom. The number of benzene rings is 1. The Morgan fingerprint density at radius 3 is 2.54 bits per heavy atom. The van der Waals surface area contributed by atoms with Crippen LogP contribution in [-0.2, 0) is 16.1 Å². The first-order valence-electron chi connectivity index (χ1n) is 8.69. The molecule has 0 spiro atoms. The summed E-state index contributed by atoms with van der Waals surface area (Å²) in [4.78, 5) is 48.4. The molecule has 0 saturated heterocycles. The van der Waals surface area contributed by atoms with Gasteiger partial charge in [-0.3, -0.25) is 23.9 Å². The number of carbonyl (C=O) groups is 2. The van der Waals surface area contributed by atoms with Crippen LogP contribution in [-0.4, -0.2) is 33.1 Å². The number of aliphatic carboxylic acids is 1. The van der Waals surface area contributed by atoms with E-state index in [1.165, 1.54) is 4.57 Å². The largest absolute Gasteiger partial charge is 0.481 e. The van der Waals surface area contributed by atoms with Crippen molar-refractivity contribution in [1.29, 1.82) is 0 Å². The molecule has 26 heavy (non-hydrogen) atoms. The Kier molecular flexibility index (Phi) is 7.13. The first-order valence-corrected chi connectivity index (χ1v) is 8.69. The number of nitrogens with one attached hydrogen (secondary N) is 2. The number of carboxylic acids is 1. The lowest BCUT2D eigenvalue weighted by molar-refractivity contribution is -0.137. The molecule has 1 heterocycles. The van der Waals surface area contributed by atoms with Gasteiger partial charge in [0.15, 0.2) is 0 Å². The Balaban J connectivity index is 1.80. The molecule has 1 amide bonds. The van der Waals surface area contributed by atoms with Crippen LogP contribution >= 0.6 is 0 Å². The van der Waals surface area contributed by atoms with E-state index in [0.29, 0.717) is 23.9 Å². The second-order valence-corrected chi connectivity index (χ2v) is 6.09. The highest BCUT2D eigenvalue weighted by molar-refractivity contribution is 5.78. The van der Waals surface area contributed by atoms with Crippen LogP contribution in [0, 0.1) is 0 Å². The quantitative estimate of drug-likeness (QED) is 0.550. The fourth-order valence-corrected chi connectivity index (χ4v) is 2.75. The zero-order chi connectivity index (χ0) is 18.9. The van der Waals surface area contributed by atoms with E-state index in [1.807, 2.05) is 0 Å². The zero-order valence-corrected chi connectivity index (χ0v) is 14.5. The lowest BCUT2D eigenvalue weighted by atomic mass is 10.1. The summed E-state index contributed by atoms with van der Waals surface area (Å²) in [7, 11) is 0. The van der Waals surface area contributed by atoms with Crippen molar-refractivity contribution in [2.24, 2.45) is 0 Å². The fourth-order valence-electron chi connectivity index (χ4n) is 2.75. The first kappa shape index (κ1) is 19.4. The van der Waals surface area contributed by atoms with Crippen LogP contribution in [0.2, 0.25) is 0 Å². The zero-order valence-electron chi connectivity index (χ0n) is 14.5. The number of aryl methyl sites for hydroxylation is 1. The molecule has 2 rings (SSSR count). The summed E-state index contributed by atoms with van der Waals surface area (Å²) in [6.07, 6.45) is 3.42. The van der Waals surface area contributed by atoms with Gasteiger partial charge in [0, 0.05) is 25.9 Å². The van der Waals surface area contributed by atoms with Crippen LogP contribution in [0.3, 0.4) is 0 Å². The molecule has 0 radical (unpaired) electrons. The summed E-state index contributed by atoms with van der Waals surface area (Å²) in [6, 6.07) is 6.77. The highest BCUT2D eigenvalue weighted by atomic mass is 16.4. The predicted molar refractivity (Wildman–Crippen MR) is 97.2 cm³/mol. The highest BCUT2D eigenvalue weighted by Crippen LogP contribution is 2.07. The van der Waals surface area contributed by atoms with Crippen LogP contribution in [0.5, 0.6) is 0 Å². The number of unbranched alkanes of at least 4 members (excludes halogenated alkanes) is 3. The second-order valence-electron chi connectivity index (χ2n) is 6.09. The molecule has 0 aliphatic rings. The summed E-state index contributed by atoms with van der Waals surface area (Å²) < 4.78 is 1.39. The minimum Gasteiger partial charge on any atom is -0.481 e. The van der Waals surface area contributed by atoms with Crippen LogP contribution < -0.4 is 16.6 Å². The standard InChI is InChI=1S/C18H23N3O5/c22-15(19-11-6-2-1-3-9-16(23)24)10-12-21-14-8-5-4-7-13(14)17(25)20-18(21)26/h4-5,7-8H,1-3,6,9-12H2,(H,19,22)(H,23,24)(H,20,25,26). The topological polar surface area (TPSA) is 121 Å². The van der Waals surface area contributed by atoms with Gasteiger partial charge in [-0.2, -0.15) is 0 Å². The van der Waals surface area contributed by atoms with E-state index >= 15 is 0 Å². The Hall–Kier alpha value is -2.90. The molecule has 1 aromatic heterocycles. The van der Waals surface area contributed by atoms with E-state index in [9.17, 15) is 19.2 Å². The third kappa shape index (κ3) is 5.58. The third-order valence-corrected chi connectivity index (χ3v) is 4.11. The van der Waals surface area contributed by atoms with Gasteiger partial charge in [-0.15, -0.1) is 0 Å². The number of fused-ring (bicyclic) bond motifs is 1. The molecule has 0 atom stereocenters. The van der Waals surface area contributed by atoms with E-state index in [1.54, 1.807) is 24.3 Å². The average Bonchev–Trinajstić information content (AvgIpc) is 2.60. The van der Waals surface area contributed by atoms with Crippen molar-refractivity contribution in [2.45, 2.75) is 45.1 Å². The molecule has 0 bridgehead atoms. The number of carbonyl (C=O) groups excluding carboxylic acids is 1. The van der Waals surface area contributed by atoms with Gasteiger partial charge in [-0.05, 0) is 25.0 Å². The molecule has 1 aromatic carbocycles. The molecule has 0 fully saturated rings. The molecule has 3 N–H and O–H groups in total. The maximum atomic E-state index is 12.0. The predicted octanol–water partition coefficient (Wildman–Crippen LogP) is 1.23. The molecule has 0 aliphatic carbocycles. The van der Waals surface area contributed by atoms with Crippen LogP contribution in [0.4, 0.5) is 0 Å². The van der Waals surface area contributed by atoms with E-state index in [-0.39, 0.29) is 25.3 Å². The van der Waals surface area contributed by atoms with Gasteiger partial charge in [-0.1, -0.05) is 25.0 Å². The Labute approximate surface area is 149 Å². The molecule has 8 heteroatoms. The summed E-state index contributed by atoms with van der Waals surface area (Å²) >= 11 is 0. The second kappa shape index (κ2) is 9.55. The number of nitrogens with zero attached hydrogens (tertiary/aromatic N) is 1. The Morgan fingerprint density at radius 2 is 1.77 bits per heavy atom. The third-order valence-electron chi connectivity index (χ3n) is 4.11. The first-order chi connectivity index (χ1) is 12.5. The number of aromatic amines is 1. The van der Waals surface area contributed by atoms with E-state index < -0.39 is 17.2 Å². The average molecular weight is 361 g/mol. The minimum absolute atomic E-state index is 0.134. The van der Waals surface area contributed by atoms with E-state index in [2.05, 4.69) is 10.3 Å². The number of H-pyrrole nitrogens is 1. The van der Waals surface area contributed by atoms with Crippen molar-refractivity contribution >= 4 is 22.8 Å². The van der Waals surface area contributed by atoms with Gasteiger partial charge in [0.2, 0.25) is 5.91 Å². The summed E-state index contributed by atoms with van der Waals surface area (Å²) in [5.74, 6) is -0.957. The van der Waals surface area contributed by atoms with Gasteiger partial charge >= 0.3 is 11.7 Å².